The lowest BCUT2D eigenvalue weighted by Gasteiger charge is -2.33. The SMILES string of the molecule is CC(=O)[C@H]1[C@@H]2C(=O)N(c3ccc([N+](=O)[O-])cc3)C(=O)[C@@H]2[C@H]2c3ccccc3C=NN21. The van der Waals surface area contributed by atoms with E-state index >= 15 is 0 Å². The van der Waals surface area contributed by atoms with Gasteiger partial charge in [0.2, 0.25) is 11.8 Å². The highest BCUT2D eigenvalue weighted by Crippen LogP contribution is 2.52. The van der Waals surface area contributed by atoms with Gasteiger partial charge < -0.3 is 0 Å². The first-order valence-electron chi connectivity index (χ1n) is 9.44. The van der Waals surface area contributed by atoms with E-state index in [9.17, 15) is 24.5 Å². The van der Waals surface area contributed by atoms with Crippen molar-refractivity contribution in [2.75, 3.05) is 4.90 Å². The summed E-state index contributed by atoms with van der Waals surface area (Å²) < 4.78 is 0. The molecule has 0 saturated carbocycles. The van der Waals surface area contributed by atoms with Crippen LogP contribution in [0.3, 0.4) is 0 Å². The van der Waals surface area contributed by atoms with Crippen LogP contribution in [-0.4, -0.2) is 39.8 Å². The predicted molar refractivity (Wildman–Crippen MR) is 106 cm³/mol. The van der Waals surface area contributed by atoms with Crippen LogP contribution in [0.2, 0.25) is 0 Å². The van der Waals surface area contributed by atoms with Gasteiger partial charge in [-0.2, -0.15) is 5.10 Å². The second kappa shape index (κ2) is 6.31. The van der Waals surface area contributed by atoms with E-state index in [0.29, 0.717) is 0 Å². The zero-order valence-corrected chi connectivity index (χ0v) is 15.8. The number of hydrazone groups is 1. The minimum absolute atomic E-state index is 0.138. The van der Waals surface area contributed by atoms with Gasteiger partial charge in [0.25, 0.3) is 5.69 Å². The van der Waals surface area contributed by atoms with E-state index in [1.807, 2.05) is 24.3 Å². The van der Waals surface area contributed by atoms with Crippen LogP contribution in [0.4, 0.5) is 11.4 Å². The minimum atomic E-state index is -0.863. The summed E-state index contributed by atoms with van der Waals surface area (Å²) in [5.41, 5.74) is 1.81. The van der Waals surface area contributed by atoms with Crippen LogP contribution in [0.5, 0.6) is 0 Å². The maximum atomic E-state index is 13.4. The van der Waals surface area contributed by atoms with Crippen molar-refractivity contribution in [1.29, 1.82) is 0 Å². The maximum Gasteiger partial charge on any atom is 0.269 e. The van der Waals surface area contributed by atoms with Gasteiger partial charge in [0, 0.05) is 12.1 Å². The molecule has 4 atom stereocenters. The van der Waals surface area contributed by atoms with Crippen LogP contribution < -0.4 is 4.90 Å². The normalized spacial score (nSPS) is 26.4. The predicted octanol–water partition coefficient (Wildman–Crippen LogP) is 2.06. The van der Waals surface area contributed by atoms with Crippen LogP contribution >= 0.6 is 0 Å². The highest BCUT2D eigenvalue weighted by molar-refractivity contribution is 6.24. The zero-order valence-electron chi connectivity index (χ0n) is 15.8. The molecule has 30 heavy (non-hydrogen) atoms. The first-order chi connectivity index (χ1) is 14.4. The summed E-state index contributed by atoms with van der Waals surface area (Å²) in [6.45, 7) is 1.40. The molecule has 150 valence electrons. The fourth-order valence-electron chi connectivity index (χ4n) is 4.80. The van der Waals surface area contributed by atoms with Crippen molar-refractivity contribution in [1.82, 2.24) is 5.01 Å². The summed E-state index contributed by atoms with van der Waals surface area (Å²) >= 11 is 0. The Morgan fingerprint density at radius 3 is 2.37 bits per heavy atom. The summed E-state index contributed by atoms with van der Waals surface area (Å²) in [4.78, 5) is 50.7. The molecule has 9 heteroatoms. The van der Waals surface area contributed by atoms with E-state index in [0.717, 1.165) is 16.0 Å². The number of benzene rings is 2. The van der Waals surface area contributed by atoms with Crippen LogP contribution in [0, 0.1) is 22.0 Å². The van der Waals surface area contributed by atoms with E-state index < -0.39 is 40.7 Å². The molecule has 0 aromatic heterocycles. The van der Waals surface area contributed by atoms with Crippen molar-refractivity contribution >= 4 is 35.2 Å². The molecule has 9 nitrogen and oxygen atoms in total. The number of non-ortho nitro benzene ring substituents is 1. The first kappa shape index (κ1) is 18.2. The standard InChI is InChI=1S/C21H16N4O5/c1-11(26)18-16-17(19-15-5-3-2-4-12(15)10-22-24(18)19)21(28)23(20(16)27)13-6-8-14(9-7-13)25(29)30/h2-10,16-19H,1H3/t16-,17+,18+,19-/m1/s1. The molecule has 2 amide bonds. The second-order valence-corrected chi connectivity index (χ2v) is 7.59. The number of nitro groups is 1. The number of ketones is 1. The molecule has 0 spiro atoms. The third-order valence-corrected chi connectivity index (χ3v) is 6.03. The van der Waals surface area contributed by atoms with Crippen molar-refractivity contribution < 1.29 is 19.3 Å². The highest BCUT2D eigenvalue weighted by atomic mass is 16.6. The molecular formula is C21H16N4O5. The fraction of sp³-hybridized carbons (Fsp3) is 0.238. The molecule has 3 aliphatic rings. The smallest absolute Gasteiger partial charge is 0.269 e. The topological polar surface area (TPSA) is 113 Å². The van der Waals surface area contributed by atoms with Crippen molar-refractivity contribution in [2.24, 2.45) is 16.9 Å². The lowest BCUT2D eigenvalue weighted by atomic mass is 9.84. The molecule has 0 aliphatic carbocycles. The first-order valence-corrected chi connectivity index (χ1v) is 9.44. The van der Waals surface area contributed by atoms with Crippen molar-refractivity contribution in [3.05, 3.63) is 69.8 Å². The Morgan fingerprint density at radius 1 is 1.03 bits per heavy atom. The molecule has 0 N–H and O–H groups in total. The Kier molecular flexibility index (Phi) is 3.82. The number of imide groups is 1. The Labute approximate surface area is 170 Å². The zero-order chi connectivity index (χ0) is 21.2. The van der Waals surface area contributed by atoms with Crippen LogP contribution in [-0.2, 0) is 14.4 Å². The second-order valence-electron chi connectivity index (χ2n) is 7.59. The Balaban J connectivity index is 1.60. The summed E-state index contributed by atoms with van der Waals surface area (Å²) in [6, 6.07) is 11.4. The summed E-state index contributed by atoms with van der Waals surface area (Å²) in [6.07, 6.45) is 1.64. The van der Waals surface area contributed by atoms with Gasteiger partial charge in [0.1, 0.15) is 6.04 Å². The van der Waals surface area contributed by atoms with Crippen molar-refractivity contribution in [3.63, 3.8) is 0 Å². The Morgan fingerprint density at radius 2 is 1.70 bits per heavy atom. The Bertz CT molecular complexity index is 1140. The number of nitrogens with zero attached hydrogens (tertiary/aromatic N) is 4. The molecule has 5 rings (SSSR count). The number of fused-ring (bicyclic) bond motifs is 5. The average molecular weight is 404 g/mol. The van der Waals surface area contributed by atoms with Gasteiger partial charge in [-0.25, -0.2) is 4.90 Å². The van der Waals surface area contributed by atoms with E-state index in [1.165, 1.54) is 31.2 Å². The summed E-state index contributed by atoms with van der Waals surface area (Å²) in [7, 11) is 0. The largest absolute Gasteiger partial charge is 0.298 e. The number of anilines is 1. The lowest BCUT2D eigenvalue weighted by Crippen LogP contribution is -2.43. The van der Waals surface area contributed by atoms with Gasteiger partial charge >= 0.3 is 0 Å². The number of hydrogen-bond donors (Lipinski definition) is 0. The molecular weight excluding hydrogens is 388 g/mol. The highest BCUT2D eigenvalue weighted by Gasteiger charge is 2.64. The monoisotopic (exact) mass is 404 g/mol. The number of carbonyl (C=O) groups excluding carboxylic acids is 3. The van der Waals surface area contributed by atoms with Crippen molar-refractivity contribution in [3.8, 4) is 0 Å². The third kappa shape index (κ3) is 2.35. The van der Waals surface area contributed by atoms with Gasteiger partial charge in [-0.1, -0.05) is 24.3 Å². The van der Waals surface area contributed by atoms with E-state index in [-0.39, 0.29) is 17.2 Å². The molecule has 2 aromatic carbocycles. The number of Topliss-reactive ketones (excluding diaryl/α,β-unsaturated/α-hetero) is 1. The molecule has 2 aromatic rings. The number of hydrogen-bond acceptors (Lipinski definition) is 7. The van der Waals surface area contributed by atoms with Crippen LogP contribution in [0.15, 0.2) is 53.6 Å². The maximum absolute atomic E-state index is 13.4. The molecule has 3 aliphatic heterocycles. The molecule has 3 heterocycles. The quantitative estimate of drug-likeness (QED) is 0.440. The summed E-state index contributed by atoms with van der Waals surface area (Å²) in [5, 5.41) is 16.9. The molecule has 0 unspecified atom stereocenters. The van der Waals surface area contributed by atoms with Crippen LogP contribution in [0.25, 0.3) is 0 Å². The van der Waals surface area contributed by atoms with Crippen LogP contribution in [0.1, 0.15) is 24.1 Å². The Hall–Kier alpha value is -3.88. The van der Waals surface area contributed by atoms with Gasteiger partial charge in [-0.05, 0) is 30.2 Å². The summed E-state index contributed by atoms with van der Waals surface area (Å²) in [5.74, 6) is -2.78. The van der Waals surface area contributed by atoms with E-state index in [2.05, 4.69) is 5.10 Å². The number of nitro benzene ring substituents is 1. The van der Waals surface area contributed by atoms with Crippen molar-refractivity contribution in [2.45, 2.75) is 19.0 Å². The number of carbonyl (C=O) groups is 3. The molecule has 0 bridgehead atoms. The van der Waals surface area contributed by atoms with Gasteiger partial charge in [-0.3, -0.25) is 29.5 Å². The minimum Gasteiger partial charge on any atom is -0.298 e. The molecule has 2 saturated heterocycles. The third-order valence-electron chi connectivity index (χ3n) is 6.03. The molecule has 2 fully saturated rings. The lowest BCUT2D eigenvalue weighted by molar-refractivity contribution is -0.384. The average Bonchev–Trinajstić information content (AvgIpc) is 3.21. The van der Waals surface area contributed by atoms with Gasteiger partial charge in [0.15, 0.2) is 5.78 Å². The van der Waals surface area contributed by atoms with Gasteiger partial charge in [-0.15, -0.1) is 0 Å². The number of amides is 2. The van der Waals surface area contributed by atoms with E-state index in [4.69, 9.17) is 0 Å². The number of rotatable bonds is 3. The van der Waals surface area contributed by atoms with E-state index in [1.54, 1.807) is 11.2 Å². The van der Waals surface area contributed by atoms with Gasteiger partial charge in [0.05, 0.1) is 34.7 Å². The molecule has 0 radical (unpaired) electrons. The fourth-order valence-corrected chi connectivity index (χ4v) is 4.80.